The van der Waals surface area contributed by atoms with Crippen LogP contribution in [0.1, 0.15) is 18.4 Å². The second kappa shape index (κ2) is 5.64. The monoisotopic (exact) mass is 321 g/mol. The SMILES string of the molecule is N#CC1(c2ccccc2)CCN(c2nc3ccc(F)cc3o2)CC1. The Morgan fingerprint density at radius 2 is 1.88 bits per heavy atom. The number of hydrogen-bond acceptors (Lipinski definition) is 4. The van der Waals surface area contributed by atoms with Crippen LogP contribution in [0.2, 0.25) is 0 Å². The van der Waals surface area contributed by atoms with E-state index in [0.717, 1.165) is 5.56 Å². The van der Waals surface area contributed by atoms with Crippen molar-refractivity contribution in [3.63, 3.8) is 0 Å². The van der Waals surface area contributed by atoms with Crippen LogP contribution in [-0.4, -0.2) is 18.1 Å². The summed E-state index contributed by atoms with van der Waals surface area (Å²) in [6.45, 7) is 1.36. The van der Waals surface area contributed by atoms with Crippen LogP contribution in [0.3, 0.4) is 0 Å². The number of halogens is 1. The molecule has 0 unspecified atom stereocenters. The zero-order chi connectivity index (χ0) is 16.6. The van der Waals surface area contributed by atoms with Crippen molar-refractivity contribution in [2.24, 2.45) is 0 Å². The lowest BCUT2D eigenvalue weighted by Crippen LogP contribution is -2.42. The van der Waals surface area contributed by atoms with Crippen molar-refractivity contribution in [2.75, 3.05) is 18.0 Å². The minimum atomic E-state index is -0.462. The molecule has 5 heteroatoms. The molecule has 1 aromatic heterocycles. The normalized spacial score (nSPS) is 16.9. The van der Waals surface area contributed by atoms with Gasteiger partial charge in [0.15, 0.2) is 5.58 Å². The van der Waals surface area contributed by atoms with E-state index in [1.54, 1.807) is 6.07 Å². The molecule has 0 atom stereocenters. The Morgan fingerprint density at radius 3 is 2.58 bits per heavy atom. The van der Waals surface area contributed by atoms with Gasteiger partial charge in [0.05, 0.1) is 11.5 Å². The first-order valence-corrected chi connectivity index (χ1v) is 7.98. The zero-order valence-electron chi connectivity index (χ0n) is 13.1. The summed E-state index contributed by atoms with van der Waals surface area (Å²) in [6.07, 6.45) is 1.42. The average Bonchev–Trinajstić information content (AvgIpc) is 3.05. The standard InChI is InChI=1S/C19H16FN3O/c20-15-6-7-16-17(12-15)24-18(22-16)23-10-8-19(13-21,9-11-23)14-4-2-1-3-5-14/h1-7,12H,8-11H2. The number of fused-ring (bicyclic) bond motifs is 1. The Morgan fingerprint density at radius 1 is 1.12 bits per heavy atom. The summed E-state index contributed by atoms with van der Waals surface area (Å²) >= 11 is 0. The summed E-state index contributed by atoms with van der Waals surface area (Å²) in [5.41, 5.74) is 1.69. The maximum absolute atomic E-state index is 13.3. The number of rotatable bonds is 2. The van der Waals surface area contributed by atoms with Crippen molar-refractivity contribution < 1.29 is 8.81 Å². The minimum Gasteiger partial charge on any atom is -0.423 e. The number of benzene rings is 2. The lowest BCUT2D eigenvalue weighted by Gasteiger charge is -2.36. The van der Waals surface area contributed by atoms with Crippen molar-refractivity contribution in [3.05, 3.63) is 59.9 Å². The van der Waals surface area contributed by atoms with Crippen LogP contribution in [0.5, 0.6) is 0 Å². The molecule has 1 fully saturated rings. The zero-order valence-corrected chi connectivity index (χ0v) is 13.1. The Labute approximate surface area is 139 Å². The highest BCUT2D eigenvalue weighted by molar-refractivity contribution is 5.74. The van der Waals surface area contributed by atoms with Crippen molar-refractivity contribution in [1.82, 2.24) is 4.98 Å². The van der Waals surface area contributed by atoms with Crippen molar-refractivity contribution >= 4 is 17.1 Å². The maximum Gasteiger partial charge on any atom is 0.298 e. The van der Waals surface area contributed by atoms with E-state index in [1.165, 1.54) is 12.1 Å². The first kappa shape index (κ1) is 14.7. The van der Waals surface area contributed by atoms with Crippen LogP contribution in [0, 0.1) is 17.1 Å². The molecule has 0 radical (unpaired) electrons. The van der Waals surface area contributed by atoms with E-state index in [1.807, 2.05) is 35.2 Å². The molecule has 2 heterocycles. The molecule has 2 aromatic carbocycles. The number of aromatic nitrogens is 1. The Kier molecular flexibility index (Phi) is 3.46. The second-order valence-electron chi connectivity index (χ2n) is 6.16. The molecule has 1 aliphatic rings. The number of piperidine rings is 1. The van der Waals surface area contributed by atoms with E-state index in [2.05, 4.69) is 11.1 Å². The Balaban J connectivity index is 1.58. The van der Waals surface area contributed by atoms with Crippen LogP contribution in [0.4, 0.5) is 10.4 Å². The van der Waals surface area contributed by atoms with Gasteiger partial charge in [0.25, 0.3) is 6.01 Å². The highest BCUT2D eigenvalue weighted by atomic mass is 19.1. The van der Waals surface area contributed by atoms with Crippen molar-refractivity contribution in [2.45, 2.75) is 18.3 Å². The molecule has 24 heavy (non-hydrogen) atoms. The number of nitriles is 1. The van der Waals surface area contributed by atoms with Gasteiger partial charge in [0.1, 0.15) is 11.3 Å². The van der Waals surface area contributed by atoms with E-state index >= 15 is 0 Å². The van der Waals surface area contributed by atoms with Crippen molar-refractivity contribution in [1.29, 1.82) is 5.26 Å². The molecule has 4 nitrogen and oxygen atoms in total. The third kappa shape index (κ3) is 2.41. The molecule has 0 spiro atoms. The number of oxazole rings is 1. The highest BCUT2D eigenvalue weighted by Gasteiger charge is 2.37. The molecule has 1 aliphatic heterocycles. The molecule has 120 valence electrons. The quantitative estimate of drug-likeness (QED) is 0.715. The summed E-state index contributed by atoms with van der Waals surface area (Å²) in [7, 11) is 0. The number of hydrogen-bond donors (Lipinski definition) is 0. The summed E-state index contributed by atoms with van der Waals surface area (Å²) in [6, 6.07) is 17.3. The fraction of sp³-hybridized carbons (Fsp3) is 0.263. The molecule has 3 aromatic rings. The summed E-state index contributed by atoms with van der Waals surface area (Å²) in [5, 5.41) is 9.75. The molecule has 0 bridgehead atoms. The van der Waals surface area contributed by atoms with Crippen LogP contribution in [-0.2, 0) is 5.41 Å². The van der Waals surface area contributed by atoms with Gasteiger partial charge >= 0.3 is 0 Å². The fourth-order valence-corrected chi connectivity index (χ4v) is 3.32. The smallest absolute Gasteiger partial charge is 0.298 e. The first-order chi connectivity index (χ1) is 11.7. The molecule has 4 rings (SSSR count). The van der Waals surface area contributed by atoms with Gasteiger partial charge in [-0.05, 0) is 30.5 Å². The van der Waals surface area contributed by atoms with E-state index in [0.29, 0.717) is 43.0 Å². The van der Waals surface area contributed by atoms with Crippen LogP contribution in [0.15, 0.2) is 52.9 Å². The van der Waals surface area contributed by atoms with E-state index in [-0.39, 0.29) is 5.82 Å². The first-order valence-electron chi connectivity index (χ1n) is 7.98. The number of anilines is 1. The molecule has 1 saturated heterocycles. The van der Waals surface area contributed by atoms with Gasteiger partial charge in [-0.3, -0.25) is 0 Å². The van der Waals surface area contributed by atoms with Gasteiger partial charge in [0.2, 0.25) is 0 Å². The molecular weight excluding hydrogens is 305 g/mol. The molecule has 0 amide bonds. The molecule has 0 saturated carbocycles. The third-order valence-corrected chi connectivity index (χ3v) is 4.77. The van der Waals surface area contributed by atoms with Crippen LogP contribution in [0.25, 0.3) is 11.1 Å². The van der Waals surface area contributed by atoms with E-state index < -0.39 is 5.41 Å². The topological polar surface area (TPSA) is 53.1 Å². The average molecular weight is 321 g/mol. The van der Waals surface area contributed by atoms with Crippen LogP contribution < -0.4 is 4.90 Å². The van der Waals surface area contributed by atoms with Gasteiger partial charge < -0.3 is 9.32 Å². The molecular formula is C19H16FN3O. The molecule has 0 aliphatic carbocycles. The van der Waals surface area contributed by atoms with Gasteiger partial charge in [-0.1, -0.05) is 30.3 Å². The maximum atomic E-state index is 13.3. The summed E-state index contributed by atoms with van der Waals surface area (Å²) < 4.78 is 19.0. The summed E-state index contributed by atoms with van der Waals surface area (Å²) in [4.78, 5) is 6.46. The predicted molar refractivity (Wildman–Crippen MR) is 89.1 cm³/mol. The largest absolute Gasteiger partial charge is 0.423 e. The highest BCUT2D eigenvalue weighted by Crippen LogP contribution is 2.36. The van der Waals surface area contributed by atoms with Crippen molar-refractivity contribution in [3.8, 4) is 6.07 Å². The Bertz CT molecular complexity index is 905. The second-order valence-corrected chi connectivity index (χ2v) is 6.16. The summed E-state index contributed by atoms with van der Waals surface area (Å²) in [5.74, 6) is -0.337. The lowest BCUT2D eigenvalue weighted by atomic mass is 9.74. The van der Waals surface area contributed by atoms with Gasteiger partial charge in [-0.15, -0.1) is 0 Å². The van der Waals surface area contributed by atoms with Gasteiger partial charge in [0, 0.05) is 19.2 Å². The third-order valence-electron chi connectivity index (χ3n) is 4.77. The lowest BCUT2D eigenvalue weighted by molar-refractivity contribution is 0.398. The minimum absolute atomic E-state index is 0.337. The number of nitrogens with zero attached hydrogens (tertiary/aromatic N) is 3. The Hall–Kier alpha value is -2.87. The van der Waals surface area contributed by atoms with E-state index in [9.17, 15) is 9.65 Å². The van der Waals surface area contributed by atoms with Gasteiger partial charge in [-0.2, -0.15) is 10.2 Å². The van der Waals surface area contributed by atoms with Gasteiger partial charge in [-0.25, -0.2) is 4.39 Å². The molecule has 0 N–H and O–H groups in total. The van der Waals surface area contributed by atoms with E-state index in [4.69, 9.17) is 4.42 Å². The van der Waals surface area contributed by atoms with Crippen LogP contribution >= 0.6 is 0 Å². The fourth-order valence-electron chi connectivity index (χ4n) is 3.32. The predicted octanol–water partition coefficient (Wildman–Crippen LogP) is 4.03.